The number of anilines is 1. The second kappa shape index (κ2) is 8.50. The number of benzene rings is 2. The highest BCUT2D eigenvalue weighted by molar-refractivity contribution is 9.10. The van der Waals surface area contributed by atoms with Crippen LogP contribution < -0.4 is 5.32 Å². The average Bonchev–Trinajstić information content (AvgIpc) is 2.92. The molecule has 0 spiro atoms. The van der Waals surface area contributed by atoms with Crippen LogP contribution in [0.15, 0.2) is 59.1 Å². The first-order valence-corrected chi connectivity index (χ1v) is 9.58. The molecule has 1 amide bonds. The van der Waals surface area contributed by atoms with Gasteiger partial charge in [-0.2, -0.15) is 5.10 Å². The summed E-state index contributed by atoms with van der Waals surface area (Å²) in [5.41, 5.74) is 4.65. The first-order chi connectivity index (χ1) is 12.9. The number of hydrogen-bond donors (Lipinski definition) is 1. The largest absolute Gasteiger partial charge is 0.322 e. The van der Waals surface area contributed by atoms with Gasteiger partial charge in [0.25, 0.3) is 0 Å². The van der Waals surface area contributed by atoms with Crippen LogP contribution in [0, 0.1) is 13.8 Å². The number of carbonyl (C=O) groups is 1. The highest BCUT2D eigenvalue weighted by Crippen LogP contribution is 2.22. The maximum atomic E-state index is 12.5. The first kappa shape index (κ1) is 19.3. The summed E-state index contributed by atoms with van der Waals surface area (Å²) in [5, 5.41) is 7.60. The summed E-state index contributed by atoms with van der Waals surface area (Å²) in [6.45, 7) is 4.90. The van der Waals surface area contributed by atoms with Gasteiger partial charge in [-0.1, -0.05) is 46.3 Å². The number of aromatic nitrogens is 2. The molecule has 0 aliphatic heterocycles. The fourth-order valence-electron chi connectivity index (χ4n) is 3.03. The fraction of sp³-hybridized carbons (Fsp3) is 0.238. The van der Waals surface area contributed by atoms with E-state index >= 15 is 0 Å². The van der Waals surface area contributed by atoms with Crippen LogP contribution in [0.25, 0.3) is 5.69 Å². The number of aryl methyl sites for hydroxylation is 1. The highest BCUT2D eigenvalue weighted by Gasteiger charge is 2.16. The highest BCUT2D eigenvalue weighted by atomic mass is 79.9. The number of carbonyl (C=O) groups excluding carboxylic acids is 1. The molecule has 1 N–H and O–H groups in total. The number of halogens is 1. The van der Waals surface area contributed by atoms with Gasteiger partial charge in [0, 0.05) is 11.0 Å². The molecule has 5 nitrogen and oxygen atoms in total. The Morgan fingerprint density at radius 2 is 1.78 bits per heavy atom. The molecule has 0 fully saturated rings. The van der Waals surface area contributed by atoms with Crippen LogP contribution in [0.5, 0.6) is 0 Å². The second-order valence-corrected chi connectivity index (χ2v) is 7.56. The van der Waals surface area contributed by atoms with Crippen molar-refractivity contribution in [3.8, 4) is 5.69 Å². The van der Waals surface area contributed by atoms with Crippen LogP contribution in [-0.4, -0.2) is 34.2 Å². The lowest BCUT2D eigenvalue weighted by Gasteiger charge is -2.16. The third-order valence-electron chi connectivity index (χ3n) is 4.34. The Balaban J connectivity index is 1.65. The molecular formula is C21H23BrN4O. The second-order valence-electron chi connectivity index (χ2n) is 6.64. The fourth-order valence-corrected chi connectivity index (χ4v) is 3.29. The molecule has 140 valence electrons. The van der Waals surface area contributed by atoms with Gasteiger partial charge in [0.2, 0.25) is 5.91 Å². The number of nitrogens with one attached hydrogen (secondary N) is 1. The predicted octanol–water partition coefficient (Wildman–Crippen LogP) is 4.32. The minimum absolute atomic E-state index is 0.0478. The lowest BCUT2D eigenvalue weighted by Crippen LogP contribution is -2.30. The van der Waals surface area contributed by atoms with E-state index in [-0.39, 0.29) is 5.91 Å². The quantitative estimate of drug-likeness (QED) is 0.638. The maximum absolute atomic E-state index is 12.5. The van der Waals surface area contributed by atoms with Gasteiger partial charge in [-0.15, -0.1) is 0 Å². The zero-order chi connectivity index (χ0) is 19.4. The lowest BCUT2D eigenvalue weighted by atomic mass is 10.2. The van der Waals surface area contributed by atoms with Crippen molar-refractivity contribution in [2.45, 2.75) is 20.4 Å². The van der Waals surface area contributed by atoms with Crippen molar-refractivity contribution in [3.05, 3.63) is 76.0 Å². The summed E-state index contributed by atoms with van der Waals surface area (Å²) in [6.07, 6.45) is 0. The van der Waals surface area contributed by atoms with Crippen molar-refractivity contribution >= 4 is 27.5 Å². The van der Waals surface area contributed by atoms with E-state index in [9.17, 15) is 4.79 Å². The molecule has 0 unspecified atom stereocenters. The number of amides is 1. The average molecular weight is 427 g/mol. The van der Waals surface area contributed by atoms with Crippen LogP contribution in [0.2, 0.25) is 0 Å². The smallest absolute Gasteiger partial charge is 0.238 e. The van der Waals surface area contributed by atoms with Crippen molar-refractivity contribution in [1.82, 2.24) is 14.7 Å². The molecule has 0 saturated heterocycles. The molecule has 0 bridgehead atoms. The summed E-state index contributed by atoms with van der Waals surface area (Å²) >= 11 is 3.44. The van der Waals surface area contributed by atoms with Crippen LogP contribution >= 0.6 is 15.9 Å². The Kier molecular flexibility index (Phi) is 6.08. The molecule has 6 heteroatoms. The lowest BCUT2D eigenvalue weighted by molar-refractivity contribution is -0.117. The zero-order valence-electron chi connectivity index (χ0n) is 15.7. The SMILES string of the molecule is Cc1nn(-c2ccccc2)c(C)c1NC(=O)CN(C)Cc1ccc(Br)cc1. The molecular weight excluding hydrogens is 404 g/mol. The van der Waals surface area contributed by atoms with Crippen LogP contribution in [0.4, 0.5) is 5.69 Å². The monoisotopic (exact) mass is 426 g/mol. The van der Waals surface area contributed by atoms with Crippen LogP contribution in [0.3, 0.4) is 0 Å². The van der Waals surface area contributed by atoms with Crippen LogP contribution in [-0.2, 0) is 11.3 Å². The van der Waals surface area contributed by atoms with E-state index in [2.05, 4.69) is 38.5 Å². The first-order valence-electron chi connectivity index (χ1n) is 8.78. The zero-order valence-corrected chi connectivity index (χ0v) is 17.3. The van der Waals surface area contributed by atoms with E-state index in [0.29, 0.717) is 13.1 Å². The minimum Gasteiger partial charge on any atom is -0.322 e. The normalized spacial score (nSPS) is 11.0. The predicted molar refractivity (Wildman–Crippen MR) is 112 cm³/mol. The Labute approximate surface area is 168 Å². The van der Waals surface area contributed by atoms with Gasteiger partial charge >= 0.3 is 0 Å². The summed E-state index contributed by atoms with van der Waals surface area (Å²) in [7, 11) is 1.94. The number of likely N-dealkylation sites (N-methyl/N-ethyl adjacent to an activating group) is 1. The van der Waals surface area contributed by atoms with E-state index in [1.807, 2.05) is 72.9 Å². The van der Waals surface area contributed by atoms with Gasteiger partial charge in [0.05, 0.1) is 29.3 Å². The molecule has 2 aromatic carbocycles. The van der Waals surface area contributed by atoms with Gasteiger partial charge in [-0.3, -0.25) is 9.69 Å². The number of para-hydroxylation sites is 1. The molecule has 0 saturated carbocycles. The maximum Gasteiger partial charge on any atom is 0.238 e. The minimum atomic E-state index is -0.0478. The van der Waals surface area contributed by atoms with Crippen LogP contribution in [0.1, 0.15) is 17.0 Å². The third-order valence-corrected chi connectivity index (χ3v) is 4.86. The molecule has 0 radical (unpaired) electrons. The number of rotatable bonds is 6. The van der Waals surface area contributed by atoms with Crippen molar-refractivity contribution in [2.75, 3.05) is 18.9 Å². The van der Waals surface area contributed by atoms with E-state index in [1.54, 1.807) is 0 Å². The molecule has 0 atom stereocenters. The Bertz CT molecular complexity index is 919. The summed E-state index contributed by atoms with van der Waals surface area (Å²) in [4.78, 5) is 14.5. The topological polar surface area (TPSA) is 50.2 Å². The van der Waals surface area contributed by atoms with Crippen molar-refractivity contribution in [3.63, 3.8) is 0 Å². The van der Waals surface area contributed by atoms with Crippen molar-refractivity contribution < 1.29 is 4.79 Å². The van der Waals surface area contributed by atoms with Gasteiger partial charge in [0.15, 0.2) is 0 Å². The van der Waals surface area contributed by atoms with Gasteiger partial charge in [-0.05, 0) is 50.7 Å². The van der Waals surface area contributed by atoms with Gasteiger partial charge in [-0.25, -0.2) is 4.68 Å². The molecule has 0 aliphatic rings. The van der Waals surface area contributed by atoms with E-state index < -0.39 is 0 Å². The standard InChI is InChI=1S/C21H23BrN4O/c1-15-21(16(2)26(24-15)19-7-5-4-6-8-19)23-20(27)14-25(3)13-17-9-11-18(22)12-10-17/h4-12H,13-14H2,1-3H3,(H,23,27). The third kappa shape index (κ3) is 4.84. The molecule has 3 rings (SSSR count). The summed E-state index contributed by atoms with van der Waals surface area (Å²) in [6, 6.07) is 18.0. The van der Waals surface area contributed by atoms with E-state index in [0.717, 1.165) is 32.8 Å². The van der Waals surface area contributed by atoms with E-state index in [1.165, 1.54) is 0 Å². The number of nitrogens with zero attached hydrogens (tertiary/aromatic N) is 3. The Hall–Kier alpha value is -2.44. The number of hydrogen-bond acceptors (Lipinski definition) is 3. The molecule has 0 aliphatic carbocycles. The summed E-state index contributed by atoms with van der Waals surface area (Å²) < 4.78 is 2.91. The molecule has 1 heterocycles. The summed E-state index contributed by atoms with van der Waals surface area (Å²) in [5.74, 6) is -0.0478. The van der Waals surface area contributed by atoms with Gasteiger partial charge < -0.3 is 5.32 Å². The Morgan fingerprint density at radius 1 is 1.11 bits per heavy atom. The Morgan fingerprint density at radius 3 is 2.44 bits per heavy atom. The van der Waals surface area contributed by atoms with Gasteiger partial charge in [0.1, 0.15) is 0 Å². The van der Waals surface area contributed by atoms with Crippen molar-refractivity contribution in [2.24, 2.45) is 0 Å². The molecule has 1 aromatic heterocycles. The van der Waals surface area contributed by atoms with E-state index in [4.69, 9.17) is 0 Å². The van der Waals surface area contributed by atoms with Crippen molar-refractivity contribution in [1.29, 1.82) is 0 Å². The molecule has 27 heavy (non-hydrogen) atoms. The molecule has 3 aromatic rings.